The minimum absolute atomic E-state index is 0.607. The molecule has 0 atom stereocenters. The van der Waals surface area contributed by atoms with Gasteiger partial charge in [0.25, 0.3) is 0 Å². The van der Waals surface area contributed by atoms with Gasteiger partial charge in [-0.1, -0.05) is 63.2 Å². The zero-order valence-electron chi connectivity index (χ0n) is 18.1. The van der Waals surface area contributed by atoms with Crippen LogP contribution in [-0.4, -0.2) is 0 Å². The molecule has 1 aromatic carbocycles. The minimum atomic E-state index is 0.607. The molecule has 2 aliphatic carbocycles. The SMILES string of the molecule is CCC[C@H]1CC[C@H](C#Cc2ccc(C#C[C@H]3CC[C@H](CCC)CC3)cc2)CC1. The molecule has 3 rings (SSSR count). The van der Waals surface area contributed by atoms with E-state index in [0.717, 1.165) is 23.0 Å². The average Bonchev–Trinajstić information content (AvgIpc) is 2.74. The van der Waals surface area contributed by atoms with Gasteiger partial charge >= 0.3 is 0 Å². The third-order valence-electron chi connectivity index (χ3n) is 6.81. The lowest BCUT2D eigenvalue weighted by atomic mass is 9.80. The van der Waals surface area contributed by atoms with E-state index in [1.807, 2.05) is 0 Å². The molecule has 1 aromatic rings. The summed E-state index contributed by atoms with van der Waals surface area (Å²) in [4.78, 5) is 0. The maximum absolute atomic E-state index is 3.53. The molecule has 2 fully saturated rings. The molecule has 2 saturated carbocycles. The normalized spacial score (nSPS) is 27.2. The van der Waals surface area contributed by atoms with Crippen molar-refractivity contribution in [2.75, 3.05) is 0 Å². The molecule has 0 bridgehead atoms. The average molecular weight is 375 g/mol. The maximum atomic E-state index is 3.53. The second-order valence-corrected chi connectivity index (χ2v) is 9.13. The molecule has 0 heteroatoms. The van der Waals surface area contributed by atoms with Crippen molar-refractivity contribution in [3.8, 4) is 23.7 Å². The standard InChI is InChI=1S/C28H38/c1-3-5-23-7-11-25(12-8-23)15-17-27-19-21-28(22-20-27)18-16-26-13-9-24(6-4-2)10-14-26/h19-26H,3-14H2,1-2H3/t23-,24-,25-,26-. The molecule has 0 aromatic heterocycles. The highest BCUT2D eigenvalue weighted by molar-refractivity contribution is 5.42. The smallest absolute Gasteiger partial charge is 0.0246 e. The summed E-state index contributed by atoms with van der Waals surface area (Å²) in [5.41, 5.74) is 2.28. The summed E-state index contributed by atoms with van der Waals surface area (Å²) in [7, 11) is 0. The van der Waals surface area contributed by atoms with Crippen LogP contribution in [0.3, 0.4) is 0 Å². The highest BCUT2D eigenvalue weighted by Crippen LogP contribution is 2.32. The van der Waals surface area contributed by atoms with E-state index in [1.54, 1.807) is 0 Å². The van der Waals surface area contributed by atoms with Gasteiger partial charge in [-0.15, -0.1) is 0 Å². The zero-order valence-corrected chi connectivity index (χ0v) is 18.1. The molecule has 2 aliphatic rings. The third-order valence-corrected chi connectivity index (χ3v) is 6.81. The summed E-state index contributed by atoms with van der Waals surface area (Å²) < 4.78 is 0. The largest absolute Gasteiger partial charge is 0.0945 e. The molecule has 0 unspecified atom stereocenters. The lowest BCUT2D eigenvalue weighted by Gasteiger charge is -2.25. The first-order valence-electron chi connectivity index (χ1n) is 11.9. The van der Waals surface area contributed by atoms with Gasteiger partial charge in [-0.05, 0) is 87.5 Å². The first-order valence-corrected chi connectivity index (χ1v) is 11.9. The molecular formula is C28H38. The fraction of sp³-hybridized carbons (Fsp3) is 0.643. The Morgan fingerprint density at radius 2 is 0.964 bits per heavy atom. The van der Waals surface area contributed by atoms with Gasteiger partial charge in [-0.3, -0.25) is 0 Å². The van der Waals surface area contributed by atoms with Crippen LogP contribution in [0.2, 0.25) is 0 Å². The van der Waals surface area contributed by atoms with E-state index in [0.29, 0.717) is 11.8 Å². The molecule has 0 amide bonds. The van der Waals surface area contributed by atoms with Crippen molar-refractivity contribution in [1.82, 2.24) is 0 Å². The predicted octanol–water partition coefficient (Wildman–Crippen LogP) is 7.60. The van der Waals surface area contributed by atoms with Crippen LogP contribution < -0.4 is 0 Å². The molecule has 0 heterocycles. The second-order valence-electron chi connectivity index (χ2n) is 9.13. The van der Waals surface area contributed by atoms with Gasteiger partial charge in [0.05, 0.1) is 0 Å². The summed E-state index contributed by atoms with van der Waals surface area (Å²) >= 11 is 0. The van der Waals surface area contributed by atoms with E-state index in [9.17, 15) is 0 Å². The van der Waals surface area contributed by atoms with Crippen LogP contribution in [0.4, 0.5) is 0 Å². The monoisotopic (exact) mass is 374 g/mol. The second kappa shape index (κ2) is 11.4. The van der Waals surface area contributed by atoms with Crippen molar-refractivity contribution < 1.29 is 0 Å². The molecule has 28 heavy (non-hydrogen) atoms. The first kappa shape index (κ1) is 21.1. The maximum Gasteiger partial charge on any atom is 0.0246 e. The molecule has 0 aliphatic heterocycles. The van der Waals surface area contributed by atoms with E-state index < -0.39 is 0 Å². The summed E-state index contributed by atoms with van der Waals surface area (Å²) in [5.74, 6) is 17.0. The van der Waals surface area contributed by atoms with Crippen LogP contribution in [0, 0.1) is 47.4 Å². The van der Waals surface area contributed by atoms with Crippen LogP contribution in [0.1, 0.15) is 102 Å². The lowest BCUT2D eigenvalue weighted by molar-refractivity contribution is 0.300. The lowest BCUT2D eigenvalue weighted by Crippen LogP contribution is -2.13. The van der Waals surface area contributed by atoms with Crippen LogP contribution in [0.5, 0.6) is 0 Å². The van der Waals surface area contributed by atoms with Crippen molar-refractivity contribution in [3.05, 3.63) is 35.4 Å². The van der Waals surface area contributed by atoms with Gasteiger partial charge in [-0.2, -0.15) is 0 Å². The Morgan fingerprint density at radius 3 is 1.29 bits per heavy atom. The topological polar surface area (TPSA) is 0 Å². The predicted molar refractivity (Wildman–Crippen MR) is 121 cm³/mol. The molecular weight excluding hydrogens is 336 g/mol. The van der Waals surface area contributed by atoms with Gasteiger partial charge < -0.3 is 0 Å². The Hall–Kier alpha value is -1.66. The van der Waals surface area contributed by atoms with E-state index in [-0.39, 0.29) is 0 Å². The fourth-order valence-electron chi connectivity index (χ4n) is 5.02. The molecule has 0 N–H and O–H groups in total. The van der Waals surface area contributed by atoms with Gasteiger partial charge in [0.1, 0.15) is 0 Å². The van der Waals surface area contributed by atoms with Crippen LogP contribution in [-0.2, 0) is 0 Å². The summed E-state index contributed by atoms with van der Waals surface area (Å²) in [6.45, 7) is 4.61. The molecule has 0 radical (unpaired) electrons. The van der Waals surface area contributed by atoms with Crippen molar-refractivity contribution in [2.24, 2.45) is 23.7 Å². The third kappa shape index (κ3) is 6.74. The number of hydrogen-bond donors (Lipinski definition) is 0. The highest BCUT2D eigenvalue weighted by Gasteiger charge is 2.19. The van der Waals surface area contributed by atoms with Crippen molar-refractivity contribution >= 4 is 0 Å². The van der Waals surface area contributed by atoms with Gasteiger partial charge in [0, 0.05) is 23.0 Å². The van der Waals surface area contributed by atoms with Gasteiger partial charge in [-0.25, -0.2) is 0 Å². The van der Waals surface area contributed by atoms with E-state index >= 15 is 0 Å². The summed E-state index contributed by atoms with van der Waals surface area (Å²) in [5, 5.41) is 0. The number of hydrogen-bond acceptors (Lipinski definition) is 0. The first-order chi connectivity index (χ1) is 13.8. The molecule has 150 valence electrons. The zero-order chi connectivity index (χ0) is 19.6. The Kier molecular flexibility index (Phi) is 8.55. The Bertz CT molecular complexity index is 623. The Labute approximate surface area is 173 Å². The van der Waals surface area contributed by atoms with Crippen molar-refractivity contribution in [3.63, 3.8) is 0 Å². The fourth-order valence-corrected chi connectivity index (χ4v) is 5.02. The van der Waals surface area contributed by atoms with E-state index in [2.05, 4.69) is 61.8 Å². The minimum Gasteiger partial charge on any atom is -0.0945 e. The van der Waals surface area contributed by atoms with Crippen molar-refractivity contribution in [1.29, 1.82) is 0 Å². The van der Waals surface area contributed by atoms with Gasteiger partial charge in [0.2, 0.25) is 0 Å². The number of benzene rings is 1. The van der Waals surface area contributed by atoms with E-state index in [1.165, 1.54) is 77.0 Å². The summed E-state index contributed by atoms with van der Waals surface area (Å²) in [6.07, 6.45) is 16.2. The Morgan fingerprint density at radius 1 is 0.607 bits per heavy atom. The van der Waals surface area contributed by atoms with Crippen LogP contribution >= 0.6 is 0 Å². The van der Waals surface area contributed by atoms with E-state index in [4.69, 9.17) is 0 Å². The van der Waals surface area contributed by atoms with Crippen molar-refractivity contribution in [2.45, 2.75) is 90.9 Å². The molecule has 0 nitrogen and oxygen atoms in total. The molecule has 0 saturated heterocycles. The van der Waals surface area contributed by atoms with Crippen LogP contribution in [0.25, 0.3) is 0 Å². The Balaban J connectivity index is 1.46. The number of rotatable bonds is 4. The quantitative estimate of drug-likeness (QED) is 0.476. The highest BCUT2D eigenvalue weighted by atomic mass is 14.2. The van der Waals surface area contributed by atoms with Gasteiger partial charge in [0.15, 0.2) is 0 Å². The summed E-state index contributed by atoms with van der Waals surface area (Å²) in [6, 6.07) is 8.60. The molecule has 0 spiro atoms. The van der Waals surface area contributed by atoms with Crippen LogP contribution in [0.15, 0.2) is 24.3 Å².